The highest BCUT2D eigenvalue weighted by Gasteiger charge is 2.24. The Hall–Kier alpha value is -3.58. The Labute approximate surface area is 192 Å². The molecular formula is C26H27N5O2. The summed E-state index contributed by atoms with van der Waals surface area (Å²) in [6, 6.07) is 19.6. The first-order valence-electron chi connectivity index (χ1n) is 11.4. The van der Waals surface area contributed by atoms with E-state index in [-0.39, 0.29) is 17.2 Å². The number of pyridine rings is 2. The average molecular weight is 442 g/mol. The Balaban J connectivity index is 1.50. The Kier molecular flexibility index (Phi) is 5.88. The van der Waals surface area contributed by atoms with Gasteiger partial charge in [0.25, 0.3) is 5.56 Å². The van der Waals surface area contributed by atoms with Gasteiger partial charge in [0.2, 0.25) is 0 Å². The maximum absolute atomic E-state index is 13.0. The van der Waals surface area contributed by atoms with E-state index in [0.29, 0.717) is 17.6 Å². The van der Waals surface area contributed by atoms with Crippen molar-refractivity contribution in [3.05, 3.63) is 105 Å². The van der Waals surface area contributed by atoms with Crippen LogP contribution in [-0.2, 0) is 20.1 Å². The third kappa shape index (κ3) is 4.36. The molecule has 7 nitrogen and oxygen atoms in total. The van der Waals surface area contributed by atoms with E-state index in [0.717, 1.165) is 49.4 Å². The Bertz CT molecular complexity index is 1380. The van der Waals surface area contributed by atoms with Gasteiger partial charge in [0, 0.05) is 37.9 Å². The molecule has 1 atom stereocenters. The van der Waals surface area contributed by atoms with Crippen LogP contribution in [-0.4, -0.2) is 37.1 Å². The molecule has 33 heavy (non-hydrogen) atoms. The van der Waals surface area contributed by atoms with E-state index in [9.17, 15) is 9.59 Å². The number of nitrogens with zero attached hydrogens (tertiary/aromatic N) is 5. The average Bonchev–Trinajstić information content (AvgIpc) is 2.86. The molecule has 0 N–H and O–H groups in total. The SMILES string of the molecule is Cn1c(=O)c2ccc(C3CCCN(Cc4ccccn4)C3)nc2n(Cc2ccccc2)c1=O. The number of hydrogen-bond donors (Lipinski definition) is 0. The van der Waals surface area contributed by atoms with E-state index in [1.165, 1.54) is 11.6 Å². The van der Waals surface area contributed by atoms with Gasteiger partial charge in [-0.2, -0.15) is 0 Å². The van der Waals surface area contributed by atoms with Crippen LogP contribution >= 0.6 is 0 Å². The predicted octanol–water partition coefficient (Wildman–Crippen LogP) is 2.92. The molecule has 1 aromatic carbocycles. The fourth-order valence-corrected chi connectivity index (χ4v) is 4.67. The molecule has 4 heterocycles. The number of benzene rings is 1. The second-order valence-corrected chi connectivity index (χ2v) is 8.72. The molecule has 7 heteroatoms. The molecule has 3 aromatic heterocycles. The summed E-state index contributed by atoms with van der Waals surface area (Å²) in [6.07, 6.45) is 3.93. The van der Waals surface area contributed by atoms with E-state index < -0.39 is 0 Å². The first-order valence-corrected chi connectivity index (χ1v) is 11.4. The Morgan fingerprint density at radius 2 is 1.79 bits per heavy atom. The van der Waals surface area contributed by atoms with Crippen LogP contribution < -0.4 is 11.2 Å². The maximum Gasteiger partial charge on any atom is 0.332 e. The molecule has 4 aromatic rings. The first-order chi connectivity index (χ1) is 16.1. The van der Waals surface area contributed by atoms with Gasteiger partial charge in [0.1, 0.15) is 5.65 Å². The van der Waals surface area contributed by atoms with Gasteiger partial charge in [0.15, 0.2) is 0 Å². The van der Waals surface area contributed by atoms with E-state index >= 15 is 0 Å². The van der Waals surface area contributed by atoms with Crippen LogP contribution in [0.15, 0.2) is 76.4 Å². The van der Waals surface area contributed by atoms with E-state index in [4.69, 9.17) is 4.98 Å². The van der Waals surface area contributed by atoms with Gasteiger partial charge in [0.05, 0.1) is 17.6 Å². The molecule has 5 rings (SSSR count). The molecule has 1 fully saturated rings. The summed E-state index contributed by atoms with van der Waals surface area (Å²) in [5, 5.41) is 0.470. The number of likely N-dealkylation sites (tertiary alicyclic amines) is 1. The third-order valence-electron chi connectivity index (χ3n) is 6.42. The van der Waals surface area contributed by atoms with Crippen molar-refractivity contribution in [2.75, 3.05) is 13.1 Å². The lowest BCUT2D eigenvalue weighted by Gasteiger charge is -2.32. The van der Waals surface area contributed by atoms with Gasteiger partial charge in [-0.1, -0.05) is 36.4 Å². The van der Waals surface area contributed by atoms with E-state index in [2.05, 4.69) is 16.0 Å². The van der Waals surface area contributed by atoms with Crippen LogP contribution in [0.4, 0.5) is 0 Å². The third-order valence-corrected chi connectivity index (χ3v) is 6.42. The van der Waals surface area contributed by atoms with Crippen LogP contribution in [0.3, 0.4) is 0 Å². The highest BCUT2D eigenvalue weighted by Crippen LogP contribution is 2.27. The number of fused-ring (bicyclic) bond motifs is 1. The van der Waals surface area contributed by atoms with Crippen molar-refractivity contribution < 1.29 is 0 Å². The summed E-state index contributed by atoms with van der Waals surface area (Å²) in [6.45, 7) is 3.09. The summed E-state index contributed by atoms with van der Waals surface area (Å²) in [5.41, 5.74) is 2.80. The van der Waals surface area contributed by atoms with Crippen molar-refractivity contribution in [1.82, 2.24) is 24.0 Å². The van der Waals surface area contributed by atoms with Crippen LogP contribution in [0.25, 0.3) is 11.0 Å². The molecule has 168 valence electrons. The van der Waals surface area contributed by atoms with Crippen LogP contribution in [0.1, 0.15) is 35.7 Å². The maximum atomic E-state index is 13.0. The standard InChI is InChI=1S/C26H27N5O2/c1-29-25(32)22-12-13-23(20-10-7-15-30(17-20)18-21-11-5-6-14-27-21)28-24(22)31(26(29)33)16-19-8-3-2-4-9-19/h2-6,8-9,11-14,20H,7,10,15-18H2,1H3. The molecule has 1 aliphatic rings. The number of piperidine rings is 1. The van der Waals surface area contributed by atoms with E-state index in [1.807, 2.05) is 60.8 Å². The fourth-order valence-electron chi connectivity index (χ4n) is 4.67. The Morgan fingerprint density at radius 1 is 0.970 bits per heavy atom. The van der Waals surface area contributed by atoms with Crippen LogP contribution in [0.2, 0.25) is 0 Å². The summed E-state index contributed by atoms with van der Waals surface area (Å²) >= 11 is 0. The molecule has 1 aliphatic heterocycles. The van der Waals surface area contributed by atoms with Gasteiger partial charge in [-0.25, -0.2) is 9.78 Å². The van der Waals surface area contributed by atoms with Crippen LogP contribution in [0.5, 0.6) is 0 Å². The lowest BCUT2D eigenvalue weighted by Crippen LogP contribution is -2.39. The van der Waals surface area contributed by atoms with Gasteiger partial charge in [-0.05, 0) is 49.2 Å². The fraction of sp³-hybridized carbons (Fsp3) is 0.308. The molecule has 0 amide bonds. The minimum absolute atomic E-state index is 0.246. The summed E-state index contributed by atoms with van der Waals surface area (Å²) in [5.74, 6) is 0.246. The summed E-state index contributed by atoms with van der Waals surface area (Å²) in [7, 11) is 1.52. The molecule has 0 spiro atoms. The quantitative estimate of drug-likeness (QED) is 0.476. The Morgan fingerprint density at radius 3 is 2.58 bits per heavy atom. The first kappa shape index (κ1) is 21.3. The number of hydrogen-bond acceptors (Lipinski definition) is 5. The lowest BCUT2D eigenvalue weighted by molar-refractivity contribution is 0.196. The van der Waals surface area contributed by atoms with Gasteiger partial charge in [-0.15, -0.1) is 0 Å². The molecule has 0 aliphatic carbocycles. The topological polar surface area (TPSA) is 73.0 Å². The molecule has 0 radical (unpaired) electrons. The van der Waals surface area contributed by atoms with Crippen molar-refractivity contribution >= 4 is 11.0 Å². The van der Waals surface area contributed by atoms with Gasteiger partial charge < -0.3 is 0 Å². The molecule has 1 unspecified atom stereocenters. The number of aromatic nitrogens is 4. The van der Waals surface area contributed by atoms with Gasteiger partial charge in [-0.3, -0.25) is 23.8 Å². The monoisotopic (exact) mass is 441 g/mol. The second-order valence-electron chi connectivity index (χ2n) is 8.72. The lowest BCUT2D eigenvalue weighted by atomic mass is 9.94. The van der Waals surface area contributed by atoms with Crippen LogP contribution in [0, 0.1) is 0 Å². The number of rotatable bonds is 5. The zero-order valence-electron chi connectivity index (χ0n) is 18.7. The smallest absolute Gasteiger partial charge is 0.297 e. The molecule has 1 saturated heterocycles. The van der Waals surface area contributed by atoms with Gasteiger partial charge >= 0.3 is 5.69 Å². The summed E-state index contributed by atoms with van der Waals surface area (Å²) in [4.78, 5) is 37.6. The van der Waals surface area contributed by atoms with Crippen molar-refractivity contribution in [1.29, 1.82) is 0 Å². The largest absolute Gasteiger partial charge is 0.332 e. The van der Waals surface area contributed by atoms with Crippen molar-refractivity contribution in [2.45, 2.75) is 31.8 Å². The van der Waals surface area contributed by atoms with Crippen molar-refractivity contribution in [3.8, 4) is 0 Å². The highest BCUT2D eigenvalue weighted by molar-refractivity contribution is 5.74. The van der Waals surface area contributed by atoms with E-state index in [1.54, 1.807) is 4.57 Å². The molecular weight excluding hydrogens is 414 g/mol. The van der Waals surface area contributed by atoms with Crippen molar-refractivity contribution in [2.24, 2.45) is 7.05 Å². The summed E-state index contributed by atoms with van der Waals surface area (Å²) < 4.78 is 2.78. The zero-order chi connectivity index (χ0) is 22.8. The minimum atomic E-state index is -0.346. The highest BCUT2D eigenvalue weighted by atomic mass is 16.2. The molecule has 0 saturated carbocycles. The zero-order valence-corrected chi connectivity index (χ0v) is 18.7. The minimum Gasteiger partial charge on any atom is -0.297 e. The second kappa shape index (κ2) is 9.11. The molecule has 0 bridgehead atoms. The predicted molar refractivity (Wildman–Crippen MR) is 128 cm³/mol. The normalized spacial score (nSPS) is 16.8. The van der Waals surface area contributed by atoms with Crippen molar-refractivity contribution in [3.63, 3.8) is 0 Å².